The molecule has 1 atom stereocenters. The van der Waals surface area contributed by atoms with E-state index in [1.807, 2.05) is 0 Å². The molecule has 2 aliphatic rings. The first-order valence-corrected chi connectivity index (χ1v) is 10.2. The lowest BCUT2D eigenvalue weighted by atomic mass is 9.91. The summed E-state index contributed by atoms with van der Waals surface area (Å²) in [5.74, 6) is 1.57. The van der Waals surface area contributed by atoms with E-state index in [1.165, 1.54) is 19.3 Å². The van der Waals surface area contributed by atoms with Crippen LogP contribution in [0.15, 0.2) is 4.99 Å². The molecule has 0 radical (unpaired) electrons. The van der Waals surface area contributed by atoms with Crippen LogP contribution >= 0.6 is 24.0 Å². The van der Waals surface area contributed by atoms with Gasteiger partial charge in [-0.05, 0) is 44.4 Å². The molecule has 0 bridgehead atoms. The first-order valence-electron chi connectivity index (χ1n) is 10.2. The number of aliphatic imine (C=N–C) groups is 1. The second kappa shape index (κ2) is 11.3. The Labute approximate surface area is 177 Å². The summed E-state index contributed by atoms with van der Waals surface area (Å²) in [6.45, 7) is 12.3. The van der Waals surface area contributed by atoms with Crippen molar-refractivity contribution in [3.05, 3.63) is 0 Å². The molecule has 6 heteroatoms. The van der Waals surface area contributed by atoms with E-state index in [0.717, 1.165) is 57.8 Å². The molecule has 1 aliphatic heterocycles. The van der Waals surface area contributed by atoms with Crippen molar-refractivity contribution in [2.24, 2.45) is 16.3 Å². The van der Waals surface area contributed by atoms with Crippen LogP contribution in [0.2, 0.25) is 0 Å². The summed E-state index contributed by atoms with van der Waals surface area (Å²) >= 11 is 0. The van der Waals surface area contributed by atoms with E-state index in [-0.39, 0.29) is 29.9 Å². The molecular formula is C20H39IN4O. The molecule has 1 unspecified atom stereocenters. The number of carbonyl (C=O) groups excluding carboxylic acids is 1. The monoisotopic (exact) mass is 478 g/mol. The van der Waals surface area contributed by atoms with Crippen LogP contribution in [0, 0.1) is 11.3 Å². The number of guanidine groups is 1. The largest absolute Gasteiger partial charge is 0.357 e. The highest BCUT2D eigenvalue weighted by molar-refractivity contribution is 14.0. The fourth-order valence-corrected chi connectivity index (χ4v) is 3.82. The minimum Gasteiger partial charge on any atom is -0.357 e. The quantitative estimate of drug-likeness (QED) is 0.265. The summed E-state index contributed by atoms with van der Waals surface area (Å²) in [6.07, 6.45) is 7.93. The molecule has 0 aromatic carbocycles. The van der Waals surface area contributed by atoms with E-state index in [2.05, 4.69) is 43.2 Å². The maximum atomic E-state index is 12.6. The van der Waals surface area contributed by atoms with Gasteiger partial charge in [-0.1, -0.05) is 33.6 Å². The molecule has 152 valence electrons. The number of nitrogens with zero attached hydrogens (tertiary/aromatic N) is 2. The first kappa shape index (κ1) is 23.5. The van der Waals surface area contributed by atoms with Crippen LogP contribution in [0.1, 0.15) is 72.6 Å². The van der Waals surface area contributed by atoms with Crippen molar-refractivity contribution in [2.45, 2.75) is 78.7 Å². The molecule has 2 rings (SSSR count). The third-order valence-electron chi connectivity index (χ3n) is 5.24. The van der Waals surface area contributed by atoms with Crippen LogP contribution in [0.3, 0.4) is 0 Å². The van der Waals surface area contributed by atoms with Crippen molar-refractivity contribution in [3.63, 3.8) is 0 Å². The van der Waals surface area contributed by atoms with E-state index >= 15 is 0 Å². The SMILES string of the molecule is CCNC(=NCCCC(C)(C)C)NC1CCN(C(=O)C2CCCC2)C1.I. The Morgan fingerprint density at radius 1 is 1.19 bits per heavy atom. The predicted molar refractivity (Wildman–Crippen MR) is 120 cm³/mol. The molecule has 0 aromatic heterocycles. The van der Waals surface area contributed by atoms with Crippen LogP contribution in [0.5, 0.6) is 0 Å². The number of nitrogens with one attached hydrogen (secondary N) is 2. The zero-order valence-corrected chi connectivity index (χ0v) is 19.5. The number of halogens is 1. The Bertz CT molecular complexity index is 455. The lowest BCUT2D eigenvalue weighted by molar-refractivity contribution is -0.134. The second-order valence-electron chi connectivity index (χ2n) is 8.82. The molecule has 1 aliphatic carbocycles. The topological polar surface area (TPSA) is 56.7 Å². The van der Waals surface area contributed by atoms with Gasteiger partial charge < -0.3 is 15.5 Å². The van der Waals surface area contributed by atoms with Gasteiger partial charge >= 0.3 is 0 Å². The van der Waals surface area contributed by atoms with Crippen LogP contribution in [-0.4, -0.2) is 49.0 Å². The van der Waals surface area contributed by atoms with Crippen LogP contribution in [-0.2, 0) is 4.79 Å². The molecule has 1 amide bonds. The fourth-order valence-electron chi connectivity index (χ4n) is 3.82. The summed E-state index contributed by atoms with van der Waals surface area (Å²) in [6, 6.07) is 0.325. The Morgan fingerprint density at radius 3 is 2.50 bits per heavy atom. The molecule has 1 saturated heterocycles. The zero-order valence-electron chi connectivity index (χ0n) is 17.1. The smallest absolute Gasteiger partial charge is 0.225 e. The average molecular weight is 478 g/mol. The van der Waals surface area contributed by atoms with E-state index in [1.54, 1.807) is 0 Å². The average Bonchev–Trinajstić information content (AvgIpc) is 3.21. The third kappa shape index (κ3) is 8.01. The third-order valence-corrected chi connectivity index (χ3v) is 5.24. The highest BCUT2D eigenvalue weighted by atomic mass is 127. The number of hydrogen-bond donors (Lipinski definition) is 2. The molecule has 2 N–H and O–H groups in total. The first-order chi connectivity index (χ1) is 11.9. The summed E-state index contributed by atoms with van der Waals surface area (Å²) < 4.78 is 0. The van der Waals surface area contributed by atoms with Gasteiger partial charge in [-0.15, -0.1) is 24.0 Å². The lowest BCUT2D eigenvalue weighted by Gasteiger charge is -2.21. The number of likely N-dealkylation sites (tertiary alicyclic amines) is 1. The lowest BCUT2D eigenvalue weighted by Crippen LogP contribution is -2.45. The zero-order chi connectivity index (χ0) is 18.3. The molecule has 1 saturated carbocycles. The van der Waals surface area contributed by atoms with Gasteiger partial charge in [-0.3, -0.25) is 9.79 Å². The summed E-state index contributed by atoms with van der Waals surface area (Å²) in [5, 5.41) is 6.88. The van der Waals surface area contributed by atoms with Crippen LogP contribution in [0.25, 0.3) is 0 Å². The van der Waals surface area contributed by atoms with E-state index in [4.69, 9.17) is 4.99 Å². The number of amides is 1. The van der Waals surface area contributed by atoms with Crippen molar-refractivity contribution < 1.29 is 4.79 Å². The van der Waals surface area contributed by atoms with Gasteiger partial charge in [0, 0.05) is 38.1 Å². The molecule has 0 aromatic rings. The van der Waals surface area contributed by atoms with Crippen molar-refractivity contribution >= 4 is 35.8 Å². The van der Waals surface area contributed by atoms with Crippen molar-refractivity contribution in [2.75, 3.05) is 26.2 Å². The molecule has 26 heavy (non-hydrogen) atoms. The molecular weight excluding hydrogens is 439 g/mol. The highest BCUT2D eigenvalue weighted by Crippen LogP contribution is 2.27. The molecule has 1 heterocycles. The Hall–Kier alpha value is -0.530. The second-order valence-corrected chi connectivity index (χ2v) is 8.82. The minimum atomic E-state index is 0. The normalized spacial score (nSPS) is 21.6. The van der Waals surface area contributed by atoms with Gasteiger partial charge in [0.25, 0.3) is 0 Å². The van der Waals surface area contributed by atoms with E-state index < -0.39 is 0 Å². The van der Waals surface area contributed by atoms with Gasteiger partial charge in [0.2, 0.25) is 5.91 Å². The summed E-state index contributed by atoms with van der Waals surface area (Å²) in [5.41, 5.74) is 0.369. The Morgan fingerprint density at radius 2 is 1.88 bits per heavy atom. The maximum Gasteiger partial charge on any atom is 0.225 e. The van der Waals surface area contributed by atoms with Crippen molar-refractivity contribution in [1.29, 1.82) is 0 Å². The number of rotatable bonds is 6. The van der Waals surface area contributed by atoms with E-state index in [0.29, 0.717) is 17.4 Å². The molecule has 5 nitrogen and oxygen atoms in total. The standard InChI is InChI=1S/C20H38N4O.HI/c1-5-21-19(22-13-8-12-20(2,3)4)23-17-11-14-24(15-17)18(25)16-9-6-7-10-16;/h16-17H,5-15H2,1-4H3,(H2,21,22,23);1H. The highest BCUT2D eigenvalue weighted by Gasteiger charge is 2.32. The van der Waals surface area contributed by atoms with E-state index in [9.17, 15) is 4.79 Å². The van der Waals surface area contributed by atoms with Gasteiger partial charge in [-0.25, -0.2) is 0 Å². The summed E-state index contributed by atoms with van der Waals surface area (Å²) in [7, 11) is 0. The van der Waals surface area contributed by atoms with Crippen molar-refractivity contribution in [1.82, 2.24) is 15.5 Å². The van der Waals surface area contributed by atoms with Gasteiger partial charge in [0.05, 0.1) is 0 Å². The van der Waals surface area contributed by atoms with Gasteiger partial charge in [0.15, 0.2) is 5.96 Å². The fraction of sp³-hybridized carbons (Fsp3) is 0.900. The van der Waals surface area contributed by atoms with Crippen molar-refractivity contribution in [3.8, 4) is 0 Å². The number of hydrogen-bond acceptors (Lipinski definition) is 2. The summed E-state index contributed by atoms with van der Waals surface area (Å²) in [4.78, 5) is 19.3. The Kier molecular flexibility index (Phi) is 10.3. The van der Waals surface area contributed by atoms with Crippen LogP contribution in [0.4, 0.5) is 0 Å². The number of carbonyl (C=O) groups is 1. The Balaban J connectivity index is 0.00000338. The maximum absolute atomic E-state index is 12.6. The van der Waals surface area contributed by atoms with Gasteiger partial charge in [-0.2, -0.15) is 0 Å². The van der Waals surface area contributed by atoms with Crippen LogP contribution < -0.4 is 10.6 Å². The molecule has 0 spiro atoms. The van der Waals surface area contributed by atoms with Gasteiger partial charge in [0.1, 0.15) is 0 Å². The predicted octanol–water partition coefficient (Wildman–Crippen LogP) is 3.78. The minimum absolute atomic E-state index is 0. The molecule has 2 fully saturated rings.